The number of hydrogen-bond donors (Lipinski definition) is 1. The summed E-state index contributed by atoms with van der Waals surface area (Å²) < 4.78 is 2.46. The third-order valence-electron chi connectivity index (χ3n) is 2.33. The van der Waals surface area contributed by atoms with Crippen LogP contribution in [0.15, 0.2) is 28.7 Å². The number of thiazole rings is 1. The molecule has 1 aromatic carbocycles. The van der Waals surface area contributed by atoms with Crippen LogP contribution in [0.4, 0.5) is 0 Å². The molecular weight excluding hydrogens is 224 g/mol. The van der Waals surface area contributed by atoms with Gasteiger partial charge in [-0.1, -0.05) is 18.7 Å². The lowest BCUT2D eigenvalue weighted by Gasteiger charge is -1.89. The number of aromatic amines is 1. The molecule has 15 heavy (non-hydrogen) atoms. The molecule has 0 saturated carbocycles. The summed E-state index contributed by atoms with van der Waals surface area (Å²) >= 11 is 3.60. The number of hydrogen-bond acceptors (Lipinski definition) is 3. The number of benzene rings is 1. The van der Waals surface area contributed by atoms with Gasteiger partial charge in [-0.25, -0.2) is 4.98 Å². The Morgan fingerprint density at radius 2 is 2.33 bits per heavy atom. The van der Waals surface area contributed by atoms with Gasteiger partial charge in [0.15, 0.2) is 4.34 Å². The van der Waals surface area contributed by atoms with Crippen LogP contribution in [0.25, 0.3) is 21.1 Å². The second-order valence-electron chi connectivity index (χ2n) is 3.27. The molecule has 2 aromatic heterocycles. The molecular formula is C11H10N2S2. The molecule has 0 amide bonds. The zero-order valence-electron chi connectivity index (χ0n) is 8.28. The van der Waals surface area contributed by atoms with E-state index in [1.807, 2.05) is 18.0 Å². The molecule has 0 bridgehead atoms. The first-order valence-corrected chi connectivity index (χ1v) is 6.68. The first kappa shape index (κ1) is 9.24. The van der Waals surface area contributed by atoms with E-state index in [4.69, 9.17) is 0 Å². The van der Waals surface area contributed by atoms with Crippen molar-refractivity contribution in [1.82, 2.24) is 9.97 Å². The van der Waals surface area contributed by atoms with Crippen LogP contribution in [-0.2, 0) is 0 Å². The van der Waals surface area contributed by atoms with Crippen LogP contribution >= 0.6 is 23.1 Å². The highest BCUT2D eigenvalue weighted by Gasteiger charge is 2.07. The number of fused-ring (bicyclic) bond motifs is 3. The van der Waals surface area contributed by atoms with Crippen LogP contribution in [0, 0.1) is 0 Å². The largest absolute Gasteiger partial charge is 0.361 e. The Bertz CT molecular complexity index is 609. The fraction of sp³-hybridized carbons (Fsp3) is 0.182. The highest BCUT2D eigenvalue weighted by atomic mass is 32.2. The number of H-pyrrole nitrogens is 1. The number of thioether (sulfide) groups is 1. The fourth-order valence-electron chi connectivity index (χ4n) is 1.68. The Morgan fingerprint density at radius 1 is 1.40 bits per heavy atom. The number of aromatic nitrogens is 2. The van der Waals surface area contributed by atoms with Crippen molar-refractivity contribution >= 4 is 44.2 Å². The summed E-state index contributed by atoms with van der Waals surface area (Å²) in [6, 6.07) is 6.30. The van der Waals surface area contributed by atoms with Gasteiger partial charge in [0.1, 0.15) is 0 Å². The molecule has 1 N–H and O–H groups in total. The second kappa shape index (κ2) is 3.54. The average Bonchev–Trinajstić information content (AvgIpc) is 2.80. The maximum atomic E-state index is 4.60. The minimum Gasteiger partial charge on any atom is -0.361 e. The Labute approximate surface area is 95.7 Å². The summed E-state index contributed by atoms with van der Waals surface area (Å²) in [5, 5.41) is 1.29. The summed E-state index contributed by atoms with van der Waals surface area (Å²) in [7, 11) is 0. The summed E-state index contributed by atoms with van der Waals surface area (Å²) in [6.45, 7) is 2.16. The van der Waals surface area contributed by atoms with E-state index >= 15 is 0 Å². The topological polar surface area (TPSA) is 28.7 Å². The predicted octanol–water partition coefficient (Wildman–Crippen LogP) is 3.89. The van der Waals surface area contributed by atoms with Gasteiger partial charge in [-0.15, -0.1) is 11.3 Å². The van der Waals surface area contributed by atoms with Crippen molar-refractivity contribution in [3.63, 3.8) is 0 Å². The van der Waals surface area contributed by atoms with Crippen molar-refractivity contribution in [1.29, 1.82) is 0 Å². The van der Waals surface area contributed by atoms with Crippen LogP contribution in [0.5, 0.6) is 0 Å². The lowest BCUT2D eigenvalue weighted by molar-refractivity contribution is 1.30. The maximum Gasteiger partial charge on any atom is 0.151 e. The molecule has 0 fully saturated rings. The highest BCUT2D eigenvalue weighted by Crippen LogP contribution is 2.33. The smallest absolute Gasteiger partial charge is 0.151 e. The molecule has 3 aromatic rings. The molecule has 2 heterocycles. The Kier molecular flexibility index (Phi) is 2.18. The predicted molar refractivity (Wildman–Crippen MR) is 67.9 cm³/mol. The Morgan fingerprint density at radius 3 is 3.20 bits per heavy atom. The molecule has 0 spiro atoms. The Balaban J connectivity index is 2.32. The quantitative estimate of drug-likeness (QED) is 0.681. The minimum absolute atomic E-state index is 1.08. The van der Waals surface area contributed by atoms with Gasteiger partial charge in [0.05, 0.1) is 10.2 Å². The van der Waals surface area contributed by atoms with Crippen LogP contribution < -0.4 is 0 Å². The van der Waals surface area contributed by atoms with E-state index in [2.05, 4.69) is 35.1 Å². The van der Waals surface area contributed by atoms with Crippen molar-refractivity contribution in [2.75, 3.05) is 5.75 Å². The van der Waals surface area contributed by atoms with Crippen molar-refractivity contribution in [2.45, 2.75) is 11.3 Å². The normalized spacial score (nSPS) is 11.5. The van der Waals surface area contributed by atoms with Crippen LogP contribution in [0.1, 0.15) is 6.92 Å². The molecule has 0 unspecified atom stereocenters. The maximum absolute atomic E-state index is 4.60. The number of nitrogens with one attached hydrogen (secondary N) is 1. The molecule has 0 aliphatic carbocycles. The molecule has 2 nitrogen and oxygen atoms in total. The monoisotopic (exact) mass is 234 g/mol. The lowest BCUT2D eigenvalue weighted by Crippen LogP contribution is -1.70. The number of nitrogens with zero attached hydrogens (tertiary/aromatic N) is 1. The van der Waals surface area contributed by atoms with Crippen LogP contribution in [0.2, 0.25) is 0 Å². The summed E-state index contributed by atoms with van der Waals surface area (Å²) in [6.07, 6.45) is 1.98. The van der Waals surface area contributed by atoms with Crippen molar-refractivity contribution in [2.24, 2.45) is 0 Å². The van der Waals surface area contributed by atoms with Gasteiger partial charge in [-0.05, 0) is 24.0 Å². The zero-order valence-corrected chi connectivity index (χ0v) is 9.91. The molecule has 76 valence electrons. The second-order valence-corrected chi connectivity index (χ2v) is 5.78. The first-order valence-electron chi connectivity index (χ1n) is 4.88. The Hall–Kier alpha value is -1.000. The summed E-state index contributed by atoms with van der Waals surface area (Å²) in [5.41, 5.74) is 2.31. The van der Waals surface area contributed by atoms with Crippen molar-refractivity contribution < 1.29 is 0 Å². The zero-order chi connectivity index (χ0) is 10.3. The lowest BCUT2D eigenvalue weighted by atomic mass is 10.2. The van der Waals surface area contributed by atoms with Gasteiger partial charge in [-0.2, -0.15) is 0 Å². The van der Waals surface area contributed by atoms with E-state index in [1.165, 1.54) is 19.9 Å². The van der Waals surface area contributed by atoms with E-state index in [0.717, 1.165) is 11.3 Å². The van der Waals surface area contributed by atoms with Gasteiger partial charge in [0.2, 0.25) is 0 Å². The summed E-state index contributed by atoms with van der Waals surface area (Å²) in [4.78, 5) is 7.82. The third kappa shape index (κ3) is 1.44. The van der Waals surface area contributed by atoms with Gasteiger partial charge in [0, 0.05) is 17.1 Å². The molecule has 0 saturated heterocycles. The van der Waals surface area contributed by atoms with E-state index in [-0.39, 0.29) is 0 Å². The van der Waals surface area contributed by atoms with Crippen molar-refractivity contribution in [3.8, 4) is 0 Å². The molecule has 0 aliphatic rings. The van der Waals surface area contributed by atoms with E-state index in [1.54, 1.807) is 11.3 Å². The van der Waals surface area contributed by atoms with Crippen molar-refractivity contribution in [3.05, 3.63) is 24.4 Å². The molecule has 0 aliphatic heterocycles. The number of rotatable bonds is 2. The minimum atomic E-state index is 1.08. The SMILES string of the molecule is CCSc1nc2ccc3[nH]ccc3c2s1. The first-order chi connectivity index (χ1) is 7.38. The molecule has 4 heteroatoms. The van der Waals surface area contributed by atoms with E-state index < -0.39 is 0 Å². The van der Waals surface area contributed by atoms with Gasteiger partial charge in [0.25, 0.3) is 0 Å². The highest BCUT2D eigenvalue weighted by molar-refractivity contribution is 8.01. The van der Waals surface area contributed by atoms with Gasteiger partial charge < -0.3 is 4.98 Å². The van der Waals surface area contributed by atoms with E-state index in [0.29, 0.717) is 0 Å². The molecule has 3 rings (SSSR count). The van der Waals surface area contributed by atoms with Gasteiger partial charge >= 0.3 is 0 Å². The van der Waals surface area contributed by atoms with E-state index in [9.17, 15) is 0 Å². The van der Waals surface area contributed by atoms with Crippen LogP contribution in [0.3, 0.4) is 0 Å². The average molecular weight is 234 g/mol. The van der Waals surface area contributed by atoms with Crippen LogP contribution in [-0.4, -0.2) is 15.7 Å². The molecule has 0 atom stereocenters. The third-order valence-corrected chi connectivity index (χ3v) is 4.46. The molecule has 0 radical (unpaired) electrons. The standard InChI is InChI=1S/C11H10N2S2/c1-2-14-11-13-9-4-3-8-7(5-6-12-8)10(9)15-11/h3-6,12H,2H2,1H3. The van der Waals surface area contributed by atoms with Gasteiger partial charge in [-0.3, -0.25) is 0 Å². The fourth-order valence-corrected chi connectivity index (χ4v) is 3.76. The summed E-state index contributed by atoms with van der Waals surface area (Å²) in [5.74, 6) is 1.08.